The Morgan fingerprint density at radius 2 is 2.12 bits per heavy atom. The average Bonchev–Trinajstić information content (AvgIpc) is 2.38. The second-order valence-corrected chi connectivity index (χ2v) is 3.25. The highest BCUT2D eigenvalue weighted by molar-refractivity contribution is 5.69. The number of benzene rings is 1. The molecule has 2 aromatic rings. The van der Waals surface area contributed by atoms with Gasteiger partial charge in [0.1, 0.15) is 0 Å². The molecule has 1 aromatic heterocycles. The van der Waals surface area contributed by atoms with E-state index in [1.165, 1.54) is 0 Å². The lowest BCUT2D eigenvalue weighted by Crippen LogP contribution is -1.90. The van der Waals surface area contributed by atoms with Crippen LogP contribution in [0.1, 0.15) is 5.56 Å². The van der Waals surface area contributed by atoms with Gasteiger partial charge < -0.3 is 4.74 Å². The van der Waals surface area contributed by atoms with Crippen molar-refractivity contribution in [3.8, 4) is 23.1 Å². The lowest BCUT2D eigenvalue weighted by atomic mass is 10.0. The average molecular weight is 210 g/mol. The molecule has 16 heavy (non-hydrogen) atoms. The molecule has 0 saturated heterocycles. The van der Waals surface area contributed by atoms with Crippen LogP contribution in [0.5, 0.6) is 5.88 Å². The van der Waals surface area contributed by atoms with E-state index < -0.39 is 0 Å². The summed E-state index contributed by atoms with van der Waals surface area (Å²) < 4.78 is 5.18. The fraction of sp³-hybridized carbons (Fsp3) is 0.0769. The van der Waals surface area contributed by atoms with Crippen LogP contribution in [0.2, 0.25) is 0 Å². The van der Waals surface area contributed by atoms with Gasteiger partial charge in [0.2, 0.25) is 5.88 Å². The minimum Gasteiger partial charge on any atom is -0.481 e. The summed E-state index contributed by atoms with van der Waals surface area (Å²) in [5.74, 6) is 0.567. The Balaban J connectivity index is 2.54. The van der Waals surface area contributed by atoms with Crippen molar-refractivity contribution in [3.63, 3.8) is 0 Å². The summed E-state index contributed by atoms with van der Waals surface area (Å²) in [6.07, 6.45) is 1.68. The lowest BCUT2D eigenvalue weighted by Gasteiger charge is -2.06. The van der Waals surface area contributed by atoms with Crippen LogP contribution in [0.25, 0.3) is 11.1 Å². The Labute approximate surface area is 93.9 Å². The smallest absolute Gasteiger partial charge is 0.221 e. The van der Waals surface area contributed by atoms with Crippen molar-refractivity contribution in [2.24, 2.45) is 0 Å². The predicted octanol–water partition coefficient (Wildman–Crippen LogP) is 2.63. The summed E-state index contributed by atoms with van der Waals surface area (Å²) >= 11 is 0. The molecule has 0 aliphatic carbocycles. The molecule has 0 N–H and O–H groups in total. The number of methoxy groups -OCH3 is 1. The third kappa shape index (κ3) is 1.86. The van der Waals surface area contributed by atoms with E-state index in [4.69, 9.17) is 10.00 Å². The van der Waals surface area contributed by atoms with E-state index in [1.807, 2.05) is 30.3 Å². The Morgan fingerprint density at radius 3 is 2.88 bits per heavy atom. The molecule has 0 atom stereocenters. The molecule has 0 amide bonds. The maximum Gasteiger partial charge on any atom is 0.221 e. The Morgan fingerprint density at radius 1 is 1.25 bits per heavy atom. The van der Waals surface area contributed by atoms with Gasteiger partial charge in [-0.3, -0.25) is 0 Å². The van der Waals surface area contributed by atoms with Crippen molar-refractivity contribution in [2.45, 2.75) is 0 Å². The quantitative estimate of drug-likeness (QED) is 0.765. The number of aromatic nitrogens is 1. The minimum absolute atomic E-state index is 0.567. The van der Waals surface area contributed by atoms with Gasteiger partial charge in [0.15, 0.2) is 0 Å². The first-order chi connectivity index (χ1) is 7.85. The van der Waals surface area contributed by atoms with E-state index in [-0.39, 0.29) is 0 Å². The monoisotopic (exact) mass is 210 g/mol. The largest absolute Gasteiger partial charge is 0.481 e. The zero-order valence-corrected chi connectivity index (χ0v) is 8.84. The zero-order chi connectivity index (χ0) is 11.4. The molecular formula is C13H10N2O. The number of hydrogen-bond acceptors (Lipinski definition) is 3. The van der Waals surface area contributed by atoms with E-state index in [9.17, 15) is 0 Å². The predicted molar refractivity (Wildman–Crippen MR) is 60.9 cm³/mol. The molecule has 0 aliphatic heterocycles. The molecule has 2 rings (SSSR count). The van der Waals surface area contributed by atoms with E-state index >= 15 is 0 Å². The normalized spacial score (nSPS) is 9.50. The van der Waals surface area contributed by atoms with Gasteiger partial charge in [0, 0.05) is 11.8 Å². The molecule has 0 unspecified atom stereocenters. The highest BCUT2D eigenvalue weighted by atomic mass is 16.5. The van der Waals surface area contributed by atoms with E-state index in [2.05, 4.69) is 11.1 Å². The third-order valence-corrected chi connectivity index (χ3v) is 2.27. The molecule has 3 nitrogen and oxygen atoms in total. The number of pyridine rings is 1. The molecule has 0 fully saturated rings. The third-order valence-electron chi connectivity index (χ3n) is 2.27. The second kappa shape index (κ2) is 4.45. The Hall–Kier alpha value is -2.34. The van der Waals surface area contributed by atoms with Crippen LogP contribution in [-0.4, -0.2) is 12.1 Å². The van der Waals surface area contributed by atoms with Crippen LogP contribution >= 0.6 is 0 Å². The molecule has 0 bridgehead atoms. The fourth-order valence-corrected chi connectivity index (χ4v) is 1.53. The Kier molecular flexibility index (Phi) is 2.84. The van der Waals surface area contributed by atoms with Crippen molar-refractivity contribution < 1.29 is 4.74 Å². The lowest BCUT2D eigenvalue weighted by molar-refractivity contribution is 0.399. The van der Waals surface area contributed by atoms with Crippen molar-refractivity contribution in [1.29, 1.82) is 5.26 Å². The first-order valence-electron chi connectivity index (χ1n) is 4.84. The number of nitrogens with zero attached hydrogens (tertiary/aromatic N) is 2. The number of ether oxygens (including phenoxy) is 1. The molecule has 1 aromatic carbocycles. The summed E-state index contributed by atoms with van der Waals surface area (Å²) in [5.41, 5.74) is 2.45. The molecule has 0 saturated carbocycles. The topological polar surface area (TPSA) is 45.9 Å². The minimum atomic E-state index is 0.567. The highest BCUT2D eigenvalue weighted by Gasteiger charge is 2.06. The standard InChI is InChI=1S/C13H10N2O/c1-16-13-12(6-3-7-15-13)11-5-2-4-10(8-11)9-14/h2-8H,1H3. The van der Waals surface area contributed by atoms with E-state index in [0.717, 1.165) is 11.1 Å². The van der Waals surface area contributed by atoms with Crippen LogP contribution < -0.4 is 4.74 Å². The molecule has 0 aliphatic rings. The SMILES string of the molecule is COc1ncccc1-c1cccc(C#N)c1. The molecule has 0 radical (unpaired) electrons. The summed E-state index contributed by atoms with van der Waals surface area (Å²) in [6, 6.07) is 13.2. The molecule has 3 heteroatoms. The van der Waals surface area contributed by atoms with Gasteiger partial charge in [-0.25, -0.2) is 4.98 Å². The van der Waals surface area contributed by atoms with Crippen molar-refractivity contribution in [2.75, 3.05) is 7.11 Å². The molecule has 1 heterocycles. The van der Waals surface area contributed by atoms with Gasteiger partial charge in [-0.05, 0) is 29.8 Å². The van der Waals surface area contributed by atoms with Gasteiger partial charge in [-0.15, -0.1) is 0 Å². The van der Waals surface area contributed by atoms with Gasteiger partial charge in [0.25, 0.3) is 0 Å². The fourth-order valence-electron chi connectivity index (χ4n) is 1.53. The summed E-state index contributed by atoms with van der Waals surface area (Å²) in [7, 11) is 1.58. The Bertz CT molecular complexity index is 544. The zero-order valence-electron chi connectivity index (χ0n) is 8.84. The van der Waals surface area contributed by atoms with E-state index in [1.54, 1.807) is 19.4 Å². The summed E-state index contributed by atoms with van der Waals surface area (Å²) in [6.45, 7) is 0. The number of hydrogen-bond donors (Lipinski definition) is 0. The molecular weight excluding hydrogens is 200 g/mol. The molecule has 78 valence electrons. The van der Waals surface area contributed by atoms with E-state index in [0.29, 0.717) is 11.4 Å². The van der Waals surface area contributed by atoms with Crippen LogP contribution in [0, 0.1) is 11.3 Å². The van der Waals surface area contributed by atoms with Gasteiger partial charge in [-0.1, -0.05) is 12.1 Å². The number of nitriles is 1. The van der Waals surface area contributed by atoms with Gasteiger partial charge >= 0.3 is 0 Å². The summed E-state index contributed by atoms with van der Waals surface area (Å²) in [5, 5.41) is 8.84. The highest BCUT2D eigenvalue weighted by Crippen LogP contribution is 2.27. The van der Waals surface area contributed by atoms with Gasteiger partial charge in [0.05, 0.1) is 18.7 Å². The second-order valence-electron chi connectivity index (χ2n) is 3.25. The summed E-state index contributed by atoms with van der Waals surface area (Å²) in [4.78, 5) is 4.12. The van der Waals surface area contributed by atoms with Crippen molar-refractivity contribution in [3.05, 3.63) is 48.2 Å². The van der Waals surface area contributed by atoms with Crippen LogP contribution in [-0.2, 0) is 0 Å². The molecule has 0 spiro atoms. The van der Waals surface area contributed by atoms with Crippen LogP contribution in [0.4, 0.5) is 0 Å². The maximum absolute atomic E-state index is 8.84. The van der Waals surface area contributed by atoms with Crippen molar-refractivity contribution in [1.82, 2.24) is 4.98 Å². The first-order valence-corrected chi connectivity index (χ1v) is 4.84. The van der Waals surface area contributed by atoms with Crippen LogP contribution in [0.15, 0.2) is 42.6 Å². The van der Waals surface area contributed by atoms with Gasteiger partial charge in [-0.2, -0.15) is 5.26 Å². The first kappa shape index (κ1) is 10.2. The maximum atomic E-state index is 8.84. The number of rotatable bonds is 2. The van der Waals surface area contributed by atoms with Crippen LogP contribution in [0.3, 0.4) is 0 Å². The van der Waals surface area contributed by atoms with Crippen molar-refractivity contribution >= 4 is 0 Å².